The maximum absolute atomic E-state index is 13.0. The Morgan fingerprint density at radius 1 is 1.00 bits per heavy atom. The van der Waals surface area contributed by atoms with Gasteiger partial charge in [-0.3, -0.25) is 14.4 Å². The molecule has 2 saturated heterocycles. The maximum atomic E-state index is 13.0. The quantitative estimate of drug-likeness (QED) is 0.731. The zero-order valence-electron chi connectivity index (χ0n) is 15.9. The predicted octanol–water partition coefficient (Wildman–Crippen LogP) is 2.38. The molecule has 0 aromatic heterocycles. The van der Waals surface area contributed by atoms with E-state index in [1.165, 1.54) is 0 Å². The Balaban J connectivity index is 1.58. The highest BCUT2D eigenvalue weighted by molar-refractivity contribution is 9.10. The topological polar surface area (TPSA) is 60.9 Å². The van der Waals surface area contributed by atoms with Crippen molar-refractivity contribution in [2.24, 2.45) is 5.92 Å². The van der Waals surface area contributed by atoms with Crippen LogP contribution in [0.15, 0.2) is 28.7 Å². The summed E-state index contributed by atoms with van der Waals surface area (Å²) in [6.45, 7) is 1.80. The van der Waals surface area contributed by atoms with Crippen LogP contribution in [0.1, 0.15) is 36.0 Å². The van der Waals surface area contributed by atoms with E-state index in [2.05, 4.69) is 15.9 Å². The van der Waals surface area contributed by atoms with E-state index in [9.17, 15) is 14.4 Å². The molecule has 2 aliphatic heterocycles. The Bertz CT molecular complexity index is 712. The van der Waals surface area contributed by atoms with Crippen LogP contribution in [0.4, 0.5) is 0 Å². The van der Waals surface area contributed by atoms with E-state index in [4.69, 9.17) is 0 Å². The lowest BCUT2D eigenvalue weighted by Gasteiger charge is -2.35. The van der Waals surface area contributed by atoms with Gasteiger partial charge < -0.3 is 14.7 Å². The maximum Gasteiger partial charge on any atom is 0.253 e. The molecule has 1 aromatic rings. The molecule has 1 unspecified atom stereocenters. The molecule has 0 aliphatic carbocycles. The van der Waals surface area contributed by atoms with Crippen molar-refractivity contribution < 1.29 is 14.4 Å². The molecule has 0 spiro atoms. The van der Waals surface area contributed by atoms with Gasteiger partial charge in [-0.25, -0.2) is 0 Å². The number of halogens is 1. The van der Waals surface area contributed by atoms with Crippen molar-refractivity contribution in [3.05, 3.63) is 34.3 Å². The number of hydrogen-bond donors (Lipinski definition) is 0. The van der Waals surface area contributed by atoms with Crippen LogP contribution in [0, 0.1) is 5.92 Å². The molecule has 7 heteroatoms. The van der Waals surface area contributed by atoms with Crippen LogP contribution in [0.5, 0.6) is 0 Å². The molecule has 1 aromatic carbocycles. The van der Waals surface area contributed by atoms with Gasteiger partial charge in [0.1, 0.15) is 6.04 Å². The van der Waals surface area contributed by atoms with E-state index >= 15 is 0 Å². The van der Waals surface area contributed by atoms with Crippen LogP contribution < -0.4 is 0 Å². The van der Waals surface area contributed by atoms with Gasteiger partial charge in [-0.2, -0.15) is 0 Å². The van der Waals surface area contributed by atoms with Crippen LogP contribution in [0.2, 0.25) is 0 Å². The van der Waals surface area contributed by atoms with Crippen LogP contribution in [0.25, 0.3) is 0 Å². The molecule has 2 aliphatic rings. The second kappa shape index (κ2) is 8.42. The number of hydrogen-bond acceptors (Lipinski definition) is 3. The molecule has 0 N–H and O–H groups in total. The molecule has 0 bridgehead atoms. The van der Waals surface area contributed by atoms with Gasteiger partial charge in [0.2, 0.25) is 11.8 Å². The number of carbonyl (C=O) groups is 3. The van der Waals surface area contributed by atoms with E-state index in [-0.39, 0.29) is 29.7 Å². The third-order valence-electron chi connectivity index (χ3n) is 5.48. The largest absolute Gasteiger partial charge is 0.347 e. The Morgan fingerprint density at radius 2 is 1.63 bits per heavy atom. The summed E-state index contributed by atoms with van der Waals surface area (Å²) >= 11 is 3.38. The van der Waals surface area contributed by atoms with Crippen molar-refractivity contribution in [3.63, 3.8) is 0 Å². The van der Waals surface area contributed by atoms with Crippen molar-refractivity contribution >= 4 is 33.7 Å². The van der Waals surface area contributed by atoms with Gasteiger partial charge >= 0.3 is 0 Å². The average Bonchev–Trinajstić information content (AvgIpc) is 3.16. The molecule has 146 valence electrons. The summed E-state index contributed by atoms with van der Waals surface area (Å²) in [5.74, 6) is -0.0168. The number of likely N-dealkylation sites (N-methyl/N-ethyl adjacent to an activating group) is 1. The van der Waals surface area contributed by atoms with Gasteiger partial charge in [-0.1, -0.05) is 15.9 Å². The zero-order chi connectivity index (χ0) is 19.6. The van der Waals surface area contributed by atoms with Gasteiger partial charge in [0, 0.05) is 49.7 Å². The molecule has 2 heterocycles. The summed E-state index contributed by atoms with van der Waals surface area (Å²) in [6, 6.07) is 7.02. The third kappa shape index (κ3) is 4.34. The number of amides is 3. The molecule has 0 radical (unpaired) electrons. The Hall–Kier alpha value is -1.89. The van der Waals surface area contributed by atoms with Crippen LogP contribution in [-0.2, 0) is 9.59 Å². The highest BCUT2D eigenvalue weighted by atomic mass is 79.9. The minimum absolute atomic E-state index is 0.00343. The molecule has 6 nitrogen and oxygen atoms in total. The normalized spacial score (nSPS) is 20.6. The molecule has 3 amide bonds. The van der Waals surface area contributed by atoms with Gasteiger partial charge in [-0.05, 0) is 49.9 Å². The third-order valence-corrected chi connectivity index (χ3v) is 6.01. The molecule has 0 saturated carbocycles. The van der Waals surface area contributed by atoms with E-state index in [0.29, 0.717) is 38.0 Å². The van der Waals surface area contributed by atoms with Crippen LogP contribution in [-0.4, -0.2) is 72.2 Å². The Kier molecular flexibility index (Phi) is 6.19. The smallest absolute Gasteiger partial charge is 0.253 e. The average molecular weight is 436 g/mol. The molecular formula is C20H26BrN3O3. The number of carbonyl (C=O) groups excluding carboxylic acids is 3. The molecular weight excluding hydrogens is 410 g/mol. The van der Waals surface area contributed by atoms with Crippen LogP contribution >= 0.6 is 15.9 Å². The Morgan fingerprint density at radius 3 is 2.22 bits per heavy atom. The summed E-state index contributed by atoms with van der Waals surface area (Å²) in [6.07, 6.45) is 2.92. The molecule has 27 heavy (non-hydrogen) atoms. The summed E-state index contributed by atoms with van der Waals surface area (Å²) in [5, 5.41) is 0. The molecule has 1 atom stereocenters. The Labute approximate surface area is 168 Å². The van der Waals surface area contributed by atoms with Crippen molar-refractivity contribution in [2.75, 3.05) is 33.7 Å². The second-order valence-corrected chi connectivity index (χ2v) is 8.41. The van der Waals surface area contributed by atoms with Gasteiger partial charge in [0.15, 0.2) is 0 Å². The zero-order valence-corrected chi connectivity index (χ0v) is 17.4. The van der Waals surface area contributed by atoms with Crippen molar-refractivity contribution in [2.45, 2.75) is 31.7 Å². The van der Waals surface area contributed by atoms with Gasteiger partial charge in [-0.15, -0.1) is 0 Å². The summed E-state index contributed by atoms with van der Waals surface area (Å²) in [4.78, 5) is 43.1. The minimum atomic E-state index is -0.324. The highest BCUT2D eigenvalue weighted by Gasteiger charge is 2.39. The standard InChI is InChI=1S/C20H26BrN3O3/c1-22(2)20(27)17-4-3-11-24(17)19(26)15-9-12-23(13-10-15)18(25)14-5-7-16(21)8-6-14/h5-8,15,17H,3-4,9-13H2,1-2H3. The van der Waals surface area contributed by atoms with E-state index in [1.54, 1.807) is 23.9 Å². The number of nitrogens with zero attached hydrogens (tertiary/aromatic N) is 3. The number of benzene rings is 1. The second-order valence-electron chi connectivity index (χ2n) is 7.50. The summed E-state index contributed by atoms with van der Waals surface area (Å²) < 4.78 is 0.941. The van der Waals surface area contributed by atoms with Gasteiger partial charge in [0.25, 0.3) is 5.91 Å². The first-order valence-corrected chi connectivity index (χ1v) is 10.2. The number of likely N-dealkylation sites (tertiary alicyclic amines) is 2. The number of piperidine rings is 1. The first-order valence-electron chi connectivity index (χ1n) is 9.45. The fourth-order valence-corrected chi connectivity index (χ4v) is 4.19. The van der Waals surface area contributed by atoms with E-state index < -0.39 is 0 Å². The summed E-state index contributed by atoms with van der Waals surface area (Å²) in [5.41, 5.74) is 0.666. The highest BCUT2D eigenvalue weighted by Crippen LogP contribution is 2.26. The molecule has 2 fully saturated rings. The first kappa shape index (κ1) is 19.9. The van der Waals surface area contributed by atoms with E-state index in [0.717, 1.165) is 17.3 Å². The molecule has 3 rings (SSSR count). The van der Waals surface area contributed by atoms with Crippen molar-refractivity contribution in [1.29, 1.82) is 0 Å². The fourth-order valence-electron chi connectivity index (χ4n) is 3.92. The first-order chi connectivity index (χ1) is 12.9. The van der Waals surface area contributed by atoms with E-state index in [1.807, 2.05) is 29.2 Å². The lowest BCUT2D eigenvalue weighted by Crippen LogP contribution is -2.49. The SMILES string of the molecule is CN(C)C(=O)C1CCCN1C(=O)C1CCN(C(=O)c2ccc(Br)cc2)CC1. The van der Waals surface area contributed by atoms with Crippen molar-refractivity contribution in [1.82, 2.24) is 14.7 Å². The van der Waals surface area contributed by atoms with Crippen molar-refractivity contribution in [3.8, 4) is 0 Å². The summed E-state index contributed by atoms with van der Waals surface area (Å²) in [7, 11) is 3.46. The lowest BCUT2D eigenvalue weighted by molar-refractivity contribution is -0.145. The number of rotatable bonds is 3. The minimum Gasteiger partial charge on any atom is -0.347 e. The lowest BCUT2D eigenvalue weighted by atomic mass is 9.94. The van der Waals surface area contributed by atoms with Gasteiger partial charge in [0.05, 0.1) is 0 Å². The fraction of sp³-hybridized carbons (Fsp3) is 0.550. The van der Waals surface area contributed by atoms with Crippen LogP contribution in [0.3, 0.4) is 0 Å². The monoisotopic (exact) mass is 435 g/mol. The predicted molar refractivity (Wildman–Crippen MR) is 106 cm³/mol.